The number of nitrogens with one attached hydrogen (secondary N) is 4. The van der Waals surface area contributed by atoms with Gasteiger partial charge in [0.15, 0.2) is 12.6 Å². The normalized spacial score (nSPS) is 34.7. The summed E-state index contributed by atoms with van der Waals surface area (Å²) < 4.78 is 75.3. The second kappa shape index (κ2) is 32.6. The number of carbonyl (C=O) groups is 4. The first kappa shape index (κ1) is 68.3. The number of amides is 4. The third-order valence-corrected chi connectivity index (χ3v) is 14.5. The Kier molecular flexibility index (Phi) is 28.1. The van der Waals surface area contributed by atoms with Gasteiger partial charge in [-0.05, 0) is 43.9 Å². The summed E-state index contributed by atoms with van der Waals surface area (Å²) in [5, 5.41) is 110. The van der Waals surface area contributed by atoms with Gasteiger partial charge in [-0.3, -0.25) is 23.4 Å². The monoisotopic (exact) mass is 1160 g/mol. The minimum atomic E-state index is -5.30. The van der Waals surface area contributed by atoms with Crippen molar-refractivity contribution in [2.75, 3.05) is 33.0 Å². The minimum absolute atomic E-state index is 0. The molecule has 0 radical (unpaired) electrons. The zero-order chi connectivity index (χ0) is 57.4. The first-order valence-corrected chi connectivity index (χ1v) is 27.4. The zero-order valence-electron chi connectivity index (χ0n) is 44.9. The molecule has 2 saturated carbocycles. The van der Waals surface area contributed by atoms with Gasteiger partial charge in [-0.25, -0.2) is 8.42 Å². The predicted molar refractivity (Wildman–Crippen MR) is 267 cm³/mol. The van der Waals surface area contributed by atoms with Gasteiger partial charge in [0.2, 0.25) is 28.1 Å². The Morgan fingerprint density at radius 3 is 1.82 bits per heavy atom. The molecule has 29 heteroatoms. The summed E-state index contributed by atoms with van der Waals surface area (Å²) in [6.45, 7) is 2.21. The number of hydrogen-bond donors (Lipinski definition) is 13. The van der Waals surface area contributed by atoms with Crippen LogP contribution in [0, 0.1) is 23.7 Å². The number of carbonyl (C=O) groups excluding carboxylic acids is 4. The fourth-order valence-electron chi connectivity index (χ4n) is 10.2. The van der Waals surface area contributed by atoms with Crippen LogP contribution in [0.25, 0.3) is 0 Å². The van der Waals surface area contributed by atoms with E-state index in [0.717, 1.165) is 46.5 Å². The quantitative estimate of drug-likeness (QED) is 0.0142. The molecule has 13 N–H and O–H groups in total. The molecule has 4 aliphatic rings. The molecule has 4 fully saturated rings. The van der Waals surface area contributed by atoms with Crippen LogP contribution in [0.4, 0.5) is 0 Å². The average Bonchev–Trinajstić information content (AvgIpc) is 3.47. The van der Waals surface area contributed by atoms with Gasteiger partial charge in [0.05, 0.1) is 62.9 Å². The van der Waals surface area contributed by atoms with Gasteiger partial charge in [-0.2, -0.15) is 0 Å². The smallest absolute Gasteiger partial charge is 0.726 e. The summed E-state index contributed by atoms with van der Waals surface area (Å²) in [4.78, 5) is 51.3. The van der Waals surface area contributed by atoms with E-state index in [1.165, 1.54) is 18.6 Å². The summed E-state index contributed by atoms with van der Waals surface area (Å²) >= 11 is 0. The zero-order valence-corrected chi connectivity index (χ0v) is 47.7. The van der Waals surface area contributed by atoms with Gasteiger partial charge >= 0.3 is 29.6 Å². The molecule has 2 saturated heterocycles. The maximum absolute atomic E-state index is 13.8. The van der Waals surface area contributed by atoms with Crippen LogP contribution in [0.1, 0.15) is 95.8 Å². The Morgan fingerprint density at radius 1 is 0.658 bits per heavy atom. The molecule has 79 heavy (non-hydrogen) atoms. The first-order chi connectivity index (χ1) is 37.0. The summed E-state index contributed by atoms with van der Waals surface area (Å²) in [5.74, 6) is 1.24. The van der Waals surface area contributed by atoms with Gasteiger partial charge in [-0.1, -0.05) is 32.3 Å². The number of ether oxygens (including phenoxy) is 6. The second-order valence-electron chi connectivity index (χ2n) is 20.0. The number of aliphatic hydroxyl groups is 9. The van der Waals surface area contributed by atoms with Gasteiger partial charge in [0, 0.05) is 57.6 Å². The number of benzene rings is 1. The number of unbranched alkanes of at least 4 members (excludes halogenated alkanes) is 5. The Morgan fingerprint density at radius 2 is 1.22 bits per heavy atom. The van der Waals surface area contributed by atoms with Crippen molar-refractivity contribution >= 4 is 34.0 Å². The third-order valence-electron chi connectivity index (χ3n) is 14.0. The van der Waals surface area contributed by atoms with E-state index >= 15 is 0 Å². The molecule has 0 aromatic heterocycles. The topological polar surface area (TPSA) is 420 Å². The summed E-state index contributed by atoms with van der Waals surface area (Å²) in [6, 6.07) is -0.0852. The van der Waals surface area contributed by atoms with Gasteiger partial charge in [-0.15, -0.1) is 11.8 Å². The molecule has 2 aliphatic heterocycles. The molecule has 2 aliphatic carbocycles. The van der Waals surface area contributed by atoms with Crippen LogP contribution >= 0.6 is 0 Å². The van der Waals surface area contributed by atoms with E-state index in [-0.39, 0.29) is 48.0 Å². The van der Waals surface area contributed by atoms with Crippen molar-refractivity contribution in [1.82, 2.24) is 21.3 Å². The molecule has 2 heterocycles. The van der Waals surface area contributed by atoms with Crippen molar-refractivity contribution in [2.45, 2.75) is 195 Å². The molecule has 4 amide bonds. The Hall–Kier alpha value is -3.23. The van der Waals surface area contributed by atoms with Crippen molar-refractivity contribution < 1.29 is 140 Å². The molecule has 1 aromatic rings. The van der Waals surface area contributed by atoms with Crippen LogP contribution < -0.4 is 55.6 Å². The van der Waals surface area contributed by atoms with Gasteiger partial charge < -0.3 is 100 Å². The van der Waals surface area contributed by atoms with Crippen LogP contribution in [0.15, 0.2) is 24.3 Å². The van der Waals surface area contributed by atoms with Gasteiger partial charge in [0.1, 0.15) is 66.7 Å². The minimum Gasteiger partial charge on any atom is -0.726 e. The van der Waals surface area contributed by atoms with Crippen molar-refractivity contribution in [3.05, 3.63) is 29.8 Å². The fraction of sp³-hybridized carbons (Fsp3) is 0.760. The van der Waals surface area contributed by atoms with E-state index in [0.29, 0.717) is 25.2 Å². The Bertz CT molecular complexity index is 2280. The van der Waals surface area contributed by atoms with E-state index in [2.05, 4.69) is 44.2 Å². The van der Waals surface area contributed by atoms with Crippen LogP contribution in [0.3, 0.4) is 0 Å². The molecule has 10 unspecified atom stereocenters. The standard InChI is InChI=1S/C50H78N4O23S.Na/c1-5-6-7-8-9-10-11-12-13-17-71-31-16-14-15-28(18-31)48(67)54-38-41(63)40(62)34(22-56)74-49(38)77-47-35(23-57)75-50(39(44(47)66)53-27(4)60)76-45-29(21-55)20-33(37(43(45)65)52-26(3)59)73-46-30(24-72-78(68,69)70)19-32(61)36(42(46)64)51-25(2)58;/h14-16,18,29-30,32-47,49-50,55-57,61-66H,5-9,12-13,17,19-24H2,1-4H3,(H,51,58)(H,52,59)(H,53,60)(H,54,67)(H,68,69,70);/q;+1/p-1/t29?,30-,32?,33+,34?,35-,36?,37+,38-,39?,40+,41+,42?,43+,44?,45?,46+,47+,49?,50?;/m0./s1. The number of hydrogen-bond acceptors (Lipinski definition) is 23. The fourth-order valence-corrected chi connectivity index (χ4v) is 10.5. The first-order valence-electron chi connectivity index (χ1n) is 26.1. The van der Waals surface area contributed by atoms with E-state index in [1.54, 1.807) is 12.1 Å². The van der Waals surface area contributed by atoms with Crippen LogP contribution in [-0.2, 0) is 52.7 Å². The molecule has 0 bridgehead atoms. The maximum atomic E-state index is 13.8. The van der Waals surface area contributed by atoms with E-state index in [1.807, 2.05) is 0 Å². The van der Waals surface area contributed by atoms with E-state index in [9.17, 15) is 78.1 Å². The SMILES string of the molecule is CCCCCCC#CCCCOc1cccc(C(=O)N[C@@H]2C(O[C@H]3C(O)C(NC(C)=O)C(OC4C(CO)C[C@@H](O[C@H]5C(O)C(NC(C)=O)C(O)C[C@H]5COS(=O)(=O)[O-])[C@@H](NC(C)=O)[C@H]4O)O[C@H]3CO)OC(CO)[C@@H](O)[C@@H]2O)c1.[Na+]. The van der Waals surface area contributed by atoms with E-state index in [4.69, 9.17) is 28.4 Å². The molecular weight excluding hydrogens is 1080 g/mol. The predicted octanol–water partition coefficient (Wildman–Crippen LogP) is -6.93. The van der Waals surface area contributed by atoms with Crippen molar-refractivity contribution in [3.8, 4) is 17.6 Å². The van der Waals surface area contributed by atoms with Crippen LogP contribution in [0.5, 0.6) is 5.75 Å². The van der Waals surface area contributed by atoms with Crippen LogP contribution in [-0.4, -0.2) is 226 Å². The molecule has 0 spiro atoms. The van der Waals surface area contributed by atoms with Crippen LogP contribution in [0.2, 0.25) is 0 Å². The number of rotatable bonds is 25. The Balaban J connectivity index is 0.0000134. The maximum Gasteiger partial charge on any atom is 1.00 e. The molecule has 20 atom stereocenters. The van der Waals surface area contributed by atoms with Crippen molar-refractivity contribution in [1.29, 1.82) is 0 Å². The average molecular weight is 1160 g/mol. The Labute approximate surface area is 481 Å². The summed E-state index contributed by atoms with van der Waals surface area (Å²) in [5.41, 5.74) is 0.0584. The molecule has 27 nitrogen and oxygen atoms in total. The van der Waals surface area contributed by atoms with E-state index < -0.39 is 182 Å². The second-order valence-corrected chi connectivity index (χ2v) is 21.1. The van der Waals surface area contributed by atoms with Crippen molar-refractivity contribution in [2.24, 2.45) is 11.8 Å². The third kappa shape index (κ3) is 19.4. The molecule has 442 valence electrons. The van der Waals surface area contributed by atoms with Gasteiger partial charge in [0.25, 0.3) is 5.91 Å². The molecule has 1 aromatic carbocycles. The summed E-state index contributed by atoms with van der Waals surface area (Å²) in [7, 11) is -5.30. The molecular formula is C50H77N4NaO23S. The van der Waals surface area contributed by atoms with Crippen molar-refractivity contribution in [3.63, 3.8) is 0 Å². The summed E-state index contributed by atoms with van der Waals surface area (Å²) in [6.07, 6.45) is -17.9. The molecule has 5 rings (SSSR count). The number of aliphatic hydroxyl groups excluding tert-OH is 9. The largest absolute Gasteiger partial charge is 1.00 e.